The van der Waals surface area contributed by atoms with Crippen LogP contribution in [0.1, 0.15) is 33.1 Å². The summed E-state index contributed by atoms with van der Waals surface area (Å²) < 4.78 is 23.2. The third-order valence-electron chi connectivity index (χ3n) is 4.72. The van der Waals surface area contributed by atoms with Gasteiger partial charge in [-0.1, -0.05) is 26.7 Å². The van der Waals surface area contributed by atoms with Crippen LogP contribution in [0.4, 0.5) is 11.4 Å². The Bertz CT molecular complexity index is 686. The fraction of sp³-hybridized carbons (Fsp3) is 0.600. The van der Waals surface area contributed by atoms with Crippen LogP contribution in [0.5, 0.6) is 0 Å². The molecule has 1 heterocycles. The molecule has 1 aliphatic rings. The summed E-state index contributed by atoms with van der Waals surface area (Å²) in [6.07, 6.45) is 3.22. The first-order valence-electron chi connectivity index (χ1n) is 7.83. The van der Waals surface area contributed by atoms with E-state index in [9.17, 15) is 18.5 Å². The lowest BCUT2D eigenvalue weighted by molar-refractivity contribution is -0.385. The molecule has 23 heavy (non-hydrogen) atoms. The van der Waals surface area contributed by atoms with Gasteiger partial charge in [-0.2, -0.15) is 0 Å². The van der Waals surface area contributed by atoms with Crippen LogP contribution in [0.3, 0.4) is 0 Å². The summed E-state index contributed by atoms with van der Waals surface area (Å²) in [6.45, 7) is 5.90. The first-order valence-corrected chi connectivity index (χ1v) is 9.38. The van der Waals surface area contributed by atoms with Crippen LogP contribution in [-0.4, -0.2) is 26.4 Å². The molecule has 1 fully saturated rings. The molecule has 2 N–H and O–H groups in total. The maximum atomic E-state index is 11.6. The summed E-state index contributed by atoms with van der Waals surface area (Å²) in [4.78, 5) is 12.3. The van der Waals surface area contributed by atoms with Crippen LogP contribution in [0.25, 0.3) is 0 Å². The molecule has 1 aliphatic heterocycles. The van der Waals surface area contributed by atoms with Crippen LogP contribution >= 0.6 is 0 Å². The zero-order chi connectivity index (χ0) is 17.2. The Morgan fingerprint density at radius 3 is 2.52 bits per heavy atom. The van der Waals surface area contributed by atoms with Crippen LogP contribution in [0.2, 0.25) is 0 Å². The van der Waals surface area contributed by atoms with Gasteiger partial charge in [0, 0.05) is 30.9 Å². The average Bonchev–Trinajstić information content (AvgIpc) is 2.97. The second-order valence-corrected chi connectivity index (χ2v) is 7.62. The predicted molar refractivity (Wildman–Crippen MR) is 88.9 cm³/mol. The third kappa shape index (κ3) is 4.00. The highest BCUT2D eigenvalue weighted by Crippen LogP contribution is 2.34. The number of hydrogen-bond acceptors (Lipinski definition) is 5. The first-order chi connectivity index (χ1) is 10.8. The van der Waals surface area contributed by atoms with E-state index in [1.165, 1.54) is 12.1 Å². The topological polar surface area (TPSA) is 107 Å². The highest BCUT2D eigenvalue weighted by molar-refractivity contribution is 7.89. The summed E-state index contributed by atoms with van der Waals surface area (Å²) in [7, 11) is -3.98. The van der Waals surface area contributed by atoms with E-state index in [1.54, 1.807) is 0 Å². The predicted octanol–water partition coefficient (Wildman–Crippen LogP) is 2.50. The minimum absolute atomic E-state index is 0.215. The molecular weight excluding hydrogens is 318 g/mol. The summed E-state index contributed by atoms with van der Waals surface area (Å²) in [5.74, 6) is 1.15. The van der Waals surface area contributed by atoms with Crippen molar-refractivity contribution in [2.75, 3.05) is 18.0 Å². The van der Waals surface area contributed by atoms with Gasteiger partial charge in [-0.3, -0.25) is 10.1 Å². The Hall–Kier alpha value is -1.67. The number of hydrogen-bond donors (Lipinski definition) is 1. The lowest BCUT2D eigenvalue weighted by Crippen LogP contribution is -2.23. The van der Waals surface area contributed by atoms with Crippen molar-refractivity contribution in [1.29, 1.82) is 0 Å². The number of nitrogens with two attached hydrogens (primary N) is 1. The highest BCUT2D eigenvalue weighted by Gasteiger charge is 2.29. The van der Waals surface area contributed by atoms with Gasteiger partial charge in [-0.25, -0.2) is 13.6 Å². The quantitative estimate of drug-likeness (QED) is 0.632. The van der Waals surface area contributed by atoms with Crippen molar-refractivity contribution in [1.82, 2.24) is 0 Å². The van der Waals surface area contributed by atoms with E-state index in [0.717, 1.165) is 38.4 Å². The van der Waals surface area contributed by atoms with Crippen molar-refractivity contribution in [2.45, 2.75) is 38.0 Å². The molecule has 0 radical (unpaired) electrons. The Morgan fingerprint density at radius 1 is 1.35 bits per heavy atom. The number of anilines is 1. The molecular formula is C15H23N3O4S. The number of primary sulfonamides is 1. The Labute approximate surface area is 136 Å². The lowest BCUT2D eigenvalue weighted by atomic mass is 9.87. The van der Waals surface area contributed by atoms with Crippen molar-refractivity contribution in [3.63, 3.8) is 0 Å². The second-order valence-electron chi connectivity index (χ2n) is 6.06. The normalized spacial score (nSPS) is 18.6. The number of nitro benzene ring substituents is 1. The van der Waals surface area contributed by atoms with Gasteiger partial charge in [-0.05, 0) is 24.3 Å². The van der Waals surface area contributed by atoms with Crippen molar-refractivity contribution in [3.05, 3.63) is 28.3 Å². The van der Waals surface area contributed by atoms with E-state index >= 15 is 0 Å². The van der Waals surface area contributed by atoms with Crippen LogP contribution in [0.15, 0.2) is 23.1 Å². The maximum absolute atomic E-state index is 11.6. The Morgan fingerprint density at radius 2 is 2.00 bits per heavy atom. The van der Waals surface area contributed by atoms with Gasteiger partial charge >= 0.3 is 0 Å². The minimum atomic E-state index is -3.98. The average molecular weight is 341 g/mol. The Balaban J connectivity index is 2.33. The molecule has 0 saturated carbocycles. The molecule has 0 bridgehead atoms. The number of rotatable bonds is 6. The van der Waals surface area contributed by atoms with E-state index < -0.39 is 14.9 Å². The second kappa shape index (κ2) is 6.84. The molecule has 2 rings (SSSR count). The molecule has 1 aromatic carbocycles. The van der Waals surface area contributed by atoms with Crippen LogP contribution in [-0.2, 0) is 10.0 Å². The van der Waals surface area contributed by atoms with Crippen molar-refractivity contribution in [3.8, 4) is 0 Å². The molecule has 1 unspecified atom stereocenters. The molecule has 8 heteroatoms. The standard InChI is InChI=1S/C15H23N3O4S/c1-3-11(4-2)12-5-6-17(10-12)13-7-14(18(19)20)9-15(8-13)23(16,21)22/h7-9,11-12H,3-6,10H2,1-2H3,(H2,16,21,22). The molecule has 0 amide bonds. The molecule has 1 aromatic rings. The van der Waals surface area contributed by atoms with Crippen molar-refractivity contribution in [2.24, 2.45) is 17.0 Å². The summed E-state index contributed by atoms with van der Waals surface area (Å²) >= 11 is 0. The largest absolute Gasteiger partial charge is 0.371 e. The summed E-state index contributed by atoms with van der Waals surface area (Å²) in [6, 6.07) is 3.86. The highest BCUT2D eigenvalue weighted by atomic mass is 32.2. The van der Waals surface area contributed by atoms with E-state index in [1.807, 2.05) is 4.90 Å². The molecule has 1 atom stereocenters. The zero-order valence-corrected chi connectivity index (χ0v) is 14.3. The third-order valence-corrected chi connectivity index (χ3v) is 5.61. The Kier molecular flexibility index (Phi) is 5.26. The van der Waals surface area contributed by atoms with Gasteiger partial charge in [0.25, 0.3) is 5.69 Å². The van der Waals surface area contributed by atoms with Gasteiger partial charge in [0.1, 0.15) is 0 Å². The summed E-state index contributed by atoms with van der Waals surface area (Å²) in [5, 5.41) is 16.2. The smallest absolute Gasteiger partial charge is 0.272 e. The number of benzene rings is 1. The SMILES string of the molecule is CCC(CC)C1CCN(c2cc([N+](=O)[O-])cc(S(N)(=O)=O)c2)C1. The van der Waals surface area contributed by atoms with Crippen LogP contribution < -0.4 is 10.0 Å². The number of nitro groups is 1. The van der Waals surface area contributed by atoms with Crippen molar-refractivity contribution >= 4 is 21.4 Å². The van der Waals surface area contributed by atoms with Gasteiger partial charge in [-0.15, -0.1) is 0 Å². The van der Waals surface area contributed by atoms with Gasteiger partial charge in [0.05, 0.1) is 9.82 Å². The lowest BCUT2D eigenvalue weighted by Gasteiger charge is -2.23. The molecule has 0 aromatic heterocycles. The van der Waals surface area contributed by atoms with E-state index in [-0.39, 0.29) is 10.6 Å². The fourth-order valence-corrected chi connectivity index (χ4v) is 3.95. The van der Waals surface area contributed by atoms with Crippen molar-refractivity contribution < 1.29 is 13.3 Å². The molecule has 128 valence electrons. The zero-order valence-electron chi connectivity index (χ0n) is 13.4. The minimum Gasteiger partial charge on any atom is -0.371 e. The first kappa shape index (κ1) is 17.7. The van der Waals surface area contributed by atoms with Gasteiger partial charge in [0.2, 0.25) is 10.0 Å². The van der Waals surface area contributed by atoms with Gasteiger partial charge < -0.3 is 4.90 Å². The molecule has 1 saturated heterocycles. The van der Waals surface area contributed by atoms with E-state index in [4.69, 9.17) is 5.14 Å². The molecule has 7 nitrogen and oxygen atoms in total. The van der Waals surface area contributed by atoms with Gasteiger partial charge in [0.15, 0.2) is 0 Å². The van der Waals surface area contributed by atoms with E-state index in [0.29, 0.717) is 17.5 Å². The summed E-state index contributed by atoms with van der Waals surface area (Å²) in [5.41, 5.74) is 0.300. The monoisotopic (exact) mass is 341 g/mol. The number of sulfonamides is 1. The fourth-order valence-electron chi connectivity index (χ4n) is 3.38. The van der Waals surface area contributed by atoms with E-state index in [2.05, 4.69) is 13.8 Å². The number of non-ortho nitro benzene ring substituents is 1. The molecule has 0 aliphatic carbocycles. The van der Waals surface area contributed by atoms with Crippen LogP contribution in [0, 0.1) is 22.0 Å². The number of nitrogens with zero attached hydrogens (tertiary/aromatic N) is 2. The molecule has 0 spiro atoms. The maximum Gasteiger partial charge on any atom is 0.272 e.